The molecule has 0 aromatic heterocycles. The van der Waals surface area contributed by atoms with E-state index < -0.39 is 12.0 Å². The van der Waals surface area contributed by atoms with Crippen LogP contribution in [0.25, 0.3) is 0 Å². The third-order valence-corrected chi connectivity index (χ3v) is 3.48. The van der Waals surface area contributed by atoms with Gasteiger partial charge in [0.05, 0.1) is 13.5 Å². The summed E-state index contributed by atoms with van der Waals surface area (Å²) < 4.78 is 4.71. The van der Waals surface area contributed by atoms with E-state index in [1.165, 1.54) is 7.11 Å². The van der Waals surface area contributed by atoms with Gasteiger partial charge in [0.1, 0.15) is 6.04 Å². The molecule has 4 nitrogen and oxygen atoms in total. The average Bonchev–Trinajstić information content (AvgIpc) is 2.39. The number of amides is 1. The number of esters is 1. The summed E-state index contributed by atoms with van der Waals surface area (Å²) in [6, 6.07) is 4.30. The van der Waals surface area contributed by atoms with Crippen molar-refractivity contribution in [3.05, 3.63) is 33.8 Å². The fourth-order valence-corrected chi connectivity index (χ4v) is 2.39. The van der Waals surface area contributed by atoms with E-state index in [1.807, 2.05) is 13.8 Å². The molecule has 0 aliphatic heterocycles. The number of hydrogen-bond donors (Lipinski definition) is 1. The van der Waals surface area contributed by atoms with Gasteiger partial charge in [-0.1, -0.05) is 43.1 Å². The smallest absolute Gasteiger partial charge is 0.328 e. The summed E-state index contributed by atoms with van der Waals surface area (Å²) in [6.45, 7) is 3.94. The van der Waals surface area contributed by atoms with Crippen LogP contribution in [-0.4, -0.2) is 25.0 Å². The van der Waals surface area contributed by atoms with Crippen molar-refractivity contribution in [2.75, 3.05) is 7.11 Å². The van der Waals surface area contributed by atoms with Crippen molar-refractivity contribution >= 4 is 35.1 Å². The minimum absolute atomic E-state index is 0.0849. The van der Waals surface area contributed by atoms with Crippen LogP contribution in [-0.2, 0) is 20.7 Å². The lowest BCUT2D eigenvalue weighted by Crippen LogP contribution is -2.43. The number of ether oxygens (including phenoxy) is 1. The number of methoxy groups -OCH3 is 1. The highest BCUT2D eigenvalue weighted by molar-refractivity contribution is 6.35. The van der Waals surface area contributed by atoms with E-state index in [-0.39, 0.29) is 18.2 Å². The van der Waals surface area contributed by atoms with Crippen LogP contribution < -0.4 is 5.32 Å². The Bertz CT molecular complexity index is 518. The molecule has 1 N–H and O–H groups in total. The van der Waals surface area contributed by atoms with Crippen LogP contribution in [0.2, 0.25) is 10.0 Å². The van der Waals surface area contributed by atoms with Gasteiger partial charge in [-0.25, -0.2) is 4.79 Å². The summed E-state index contributed by atoms with van der Waals surface area (Å²) in [6.07, 6.45) is 0.606. The standard InChI is InChI=1S/C15H19Cl2NO3/c1-9(2)6-13(15(20)21-3)18-14(19)7-10-4-5-11(16)8-12(10)17/h4-5,8-9,13H,6-7H2,1-3H3,(H,18,19). The predicted molar refractivity (Wildman–Crippen MR) is 83.6 cm³/mol. The molecule has 0 aliphatic rings. The Labute approximate surface area is 134 Å². The fraction of sp³-hybridized carbons (Fsp3) is 0.467. The molecule has 0 bridgehead atoms. The van der Waals surface area contributed by atoms with E-state index in [0.717, 1.165) is 0 Å². The topological polar surface area (TPSA) is 55.4 Å². The van der Waals surface area contributed by atoms with Gasteiger partial charge in [-0.15, -0.1) is 0 Å². The highest BCUT2D eigenvalue weighted by Gasteiger charge is 2.22. The minimum Gasteiger partial charge on any atom is -0.467 e. The monoisotopic (exact) mass is 331 g/mol. The molecule has 1 atom stereocenters. The number of halogens is 2. The third kappa shape index (κ3) is 5.94. The number of rotatable bonds is 6. The van der Waals surface area contributed by atoms with Crippen LogP contribution in [0.5, 0.6) is 0 Å². The Morgan fingerprint density at radius 1 is 1.29 bits per heavy atom. The largest absolute Gasteiger partial charge is 0.467 e. The summed E-state index contributed by atoms with van der Waals surface area (Å²) in [5, 5.41) is 3.62. The molecule has 0 saturated carbocycles. The summed E-state index contributed by atoms with van der Waals surface area (Å²) in [7, 11) is 1.30. The molecule has 0 saturated heterocycles. The third-order valence-electron chi connectivity index (χ3n) is 2.89. The Hall–Kier alpha value is -1.26. The van der Waals surface area contributed by atoms with Crippen LogP contribution in [0.4, 0.5) is 0 Å². The maximum atomic E-state index is 12.1. The predicted octanol–water partition coefficient (Wildman–Crippen LogP) is 3.24. The van der Waals surface area contributed by atoms with Crippen LogP contribution in [0.1, 0.15) is 25.8 Å². The van der Waals surface area contributed by atoms with Gasteiger partial charge in [-0.2, -0.15) is 0 Å². The van der Waals surface area contributed by atoms with Gasteiger partial charge in [-0.05, 0) is 30.0 Å². The zero-order chi connectivity index (χ0) is 16.0. The van der Waals surface area contributed by atoms with Crippen LogP contribution in [0.15, 0.2) is 18.2 Å². The van der Waals surface area contributed by atoms with Crippen molar-refractivity contribution in [1.29, 1.82) is 0 Å². The van der Waals surface area contributed by atoms with Crippen LogP contribution >= 0.6 is 23.2 Å². The quantitative estimate of drug-likeness (QED) is 0.814. The van der Waals surface area contributed by atoms with E-state index in [4.69, 9.17) is 27.9 Å². The van der Waals surface area contributed by atoms with Gasteiger partial charge in [0, 0.05) is 10.0 Å². The number of hydrogen-bond acceptors (Lipinski definition) is 3. The fourth-order valence-electron chi connectivity index (χ4n) is 1.91. The Balaban J connectivity index is 2.71. The molecule has 1 rings (SSSR count). The van der Waals surface area contributed by atoms with E-state index >= 15 is 0 Å². The SMILES string of the molecule is COC(=O)C(CC(C)C)NC(=O)Cc1ccc(Cl)cc1Cl. The first kappa shape index (κ1) is 17.8. The molecule has 0 fully saturated rings. The van der Waals surface area contributed by atoms with Crippen molar-refractivity contribution in [3.63, 3.8) is 0 Å². The molecule has 0 radical (unpaired) electrons. The highest BCUT2D eigenvalue weighted by atomic mass is 35.5. The van der Waals surface area contributed by atoms with Crippen LogP contribution in [0, 0.1) is 5.92 Å². The molecule has 6 heteroatoms. The number of carbonyl (C=O) groups is 2. The Morgan fingerprint density at radius 3 is 2.48 bits per heavy atom. The summed E-state index contributed by atoms with van der Waals surface area (Å²) >= 11 is 11.8. The van der Waals surface area contributed by atoms with Gasteiger partial charge >= 0.3 is 5.97 Å². The lowest BCUT2D eigenvalue weighted by Gasteiger charge is -2.18. The number of nitrogens with one attached hydrogen (secondary N) is 1. The van der Waals surface area contributed by atoms with Gasteiger partial charge in [0.15, 0.2) is 0 Å². The normalized spacial score (nSPS) is 12.1. The van der Waals surface area contributed by atoms with Gasteiger partial charge < -0.3 is 10.1 Å². The molecule has 0 spiro atoms. The maximum Gasteiger partial charge on any atom is 0.328 e. The summed E-state index contributed by atoms with van der Waals surface area (Å²) in [4.78, 5) is 23.7. The second-order valence-corrected chi connectivity index (χ2v) is 6.03. The van der Waals surface area contributed by atoms with Crippen molar-refractivity contribution in [2.24, 2.45) is 5.92 Å². The lowest BCUT2D eigenvalue weighted by molar-refractivity contribution is -0.145. The van der Waals surface area contributed by atoms with Gasteiger partial charge in [0.25, 0.3) is 0 Å². The number of carbonyl (C=O) groups excluding carboxylic acids is 2. The second-order valence-electron chi connectivity index (χ2n) is 5.19. The second kappa shape index (κ2) is 8.25. The first-order valence-electron chi connectivity index (χ1n) is 6.64. The van der Waals surface area contributed by atoms with Crippen molar-refractivity contribution in [1.82, 2.24) is 5.32 Å². The summed E-state index contributed by atoms with van der Waals surface area (Å²) in [5.74, 6) is -0.469. The Kier molecular flexibility index (Phi) is 6.99. The lowest BCUT2D eigenvalue weighted by atomic mass is 10.0. The molecule has 1 aromatic carbocycles. The van der Waals surface area contributed by atoms with E-state index in [9.17, 15) is 9.59 Å². The highest BCUT2D eigenvalue weighted by Crippen LogP contribution is 2.21. The first-order chi connectivity index (χ1) is 9.83. The van der Waals surface area contributed by atoms with E-state index in [0.29, 0.717) is 22.0 Å². The van der Waals surface area contributed by atoms with Crippen molar-refractivity contribution in [2.45, 2.75) is 32.7 Å². The molecule has 1 unspecified atom stereocenters. The first-order valence-corrected chi connectivity index (χ1v) is 7.40. The zero-order valence-corrected chi connectivity index (χ0v) is 13.8. The molecule has 21 heavy (non-hydrogen) atoms. The number of benzene rings is 1. The summed E-state index contributed by atoms with van der Waals surface area (Å²) in [5.41, 5.74) is 0.659. The molecule has 1 aromatic rings. The van der Waals surface area contributed by atoms with Crippen LogP contribution in [0.3, 0.4) is 0 Å². The van der Waals surface area contributed by atoms with Crippen molar-refractivity contribution in [3.8, 4) is 0 Å². The van der Waals surface area contributed by atoms with Gasteiger partial charge in [0.2, 0.25) is 5.91 Å². The van der Waals surface area contributed by atoms with E-state index in [2.05, 4.69) is 5.32 Å². The average molecular weight is 332 g/mol. The molecular formula is C15H19Cl2NO3. The Morgan fingerprint density at radius 2 is 1.95 bits per heavy atom. The van der Waals surface area contributed by atoms with E-state index in [1.54, 1.807) is 18.2 Å². The molecule has 0 heterocycles. The molecule has 1 amide bonds. The molecule has 116 valence electrons. The van der Waals surface area contributed by atoms with Gasteiger partial charge in [-0.3, -0.25) is 4.79 Å². The minimum atomic E-state index is -0.645. The molecular weight excluding hydrogens is 313 g/mol. The zero-order valence-electron chi connectivity index (χ0n) is 12.3. The maximum absolute atomic E-state index is 12.1. The molecule has 0 aliphatic carbocycles. The van der Waals surface area contributed by atoms with Crippen molar-refractivity contribution < 1.29 is 14.3 Å².